The molecule has 1 amide bonds. The second-order valence-corrected chi connectivity index (χ2v) is 9.21. The van der Waals surface area contributed by atoms with Gasteiger partial charge in [0.25, 0.3) is 0 Å². The van der Waals surface area contributed by atoms with Crippen LogP contribution in [0.5, 0.6) is 0 Å². The third kappa shape index (κ3) is 5.28. The van der Waals surface area contributed by atoms with E-state index in [4.69, 9.17) is 4.74 Å². The number of amides is 1. The second kappa shape index (κ2) is 8.99. The summed E-state index contributed by atoms with van der Waals surface area (Å²) in [5.41, 5.74) is 1.40. The SMILES string of the molecule is Cc1cc(SCC(=O)Nc2ccc(S(=O)(=O)N3CCOCC3)cc2)nc(C)n1. The minimum Gasteiger partial charge on any atom is -0.379 e. The Kier molecular flexibility index (Phi) is 6.65. The summed E-state index contributed by atoms with van der Waals surface area (Å²) in [6.07, 6.45) is 0. The van der Waals surface area contributed by atoms with Gasteiger partial charge in [-0.2, -0.15) is 4.31 Å². The molecular weight excluding hydrogens is 400 g/mol. The predicted octanol–water partition coefficient (Wildman–Crippen LogP) is 1.85. The molecule has 1 aromatic carbocycles. The van der Waals surface area contributed by atoms with E-state index in [9.17, 15) is 13.2 Å². The molecule has 1 aliphatic rings. The molecule has 0 unspecified atom stereocenters. The highest BCUT2D eigenvalue weighted by Crippen LogP contribution is 2.20. The van der Waals surface area contributed by atoms with E-state index in [0.717, 1.165) is 10.7 Å². The summed E-state index contributed by atoms with van der Waals surface area (Å²) >= 11 is 1.32. The fourth-order valence-corrected chi connectivity index (χ4v) is 4.95. The van der Waals surface area contributed by atoms with Crippen molar-refractivity contribution in [2.75, 3.05) is 37.4 Å². The van der Waals surface area contributed by atoms with Gasteiger partial charge in [0, 0.05) is 24.5 Å². The largest absolute Gasteiger partial charge is 0.379 e. The van der Waals surface area contributed by atoms with Gasteiger partial charge in [-0.05, 0) is 44.2 Å². The zero-order valence-electron chi connectivity index (χ0n) is 15.7. The van der Waals surface area contributed by atoms with E-state index in [0.29, 0.717) is 37.8 Å². The fraction of sp³-hybridized carbons (Fsp3) is 0.389. The number of hydrogen-bond acceptors (Lipinski definition) is 7. The maximum atomic E-state index is 12.6. The van der Waals surface area contributed by atoms with E-state index in [2.05, 4.69) is 15.3 Å². The molecule has 1 fully saturated rings. The standard InChI is InChI=1S/C18H22N4O4S2/c1-13-11-18(20-14(2)19-13)27-12-17(23)21-15-3-5-16(6-4-15)28(24,25)22-7-9-26-10-8-22/h3-6,11H,7-10,12H2,1-2H3,(H,21,23). The van der Waals surface area contributed by atoms with E-state index in [-0.39, 0.29) is 16.6 Å². The van der Waals surface area contributed by atoms with Crippen molar-refractivity contribution >= 4 is 33.4 Å². The molecule has 1 aromatic heterocycles. The summed E-state index contributed by atoms with van der Waals surface area (Å²) < 4.78 is 31.8. The van der Waals surface area contributed by atoms with Crippen LogP contribution in [0, 0.1) is 13.8 Å². The zero-order valence-corrected chi connectivity index (χ0v) is 17.3. The lowest BCUT2D eigenvalue weighted by Gasteiger charge is -2.26. The molecule has 0 spiro atoms. The Balaban J connectivity index is 1.58. The van der Waals surface area contributed by atoms with Crippen molar-refractivity contribution in [2.45, 2.75) is 23.8 Å². The first kappa shape index (κ1) is 20.7. The van der Waals surface area contributed by atoms with E-state index < -0.39 is 10.0 Å². The molecule has 2 aromatic rings. The Morgan fingerprint density at radius 2 is 1.86 bits per heavy atom. The first-order valence-corrected chi connectivity index (χ1v) is 11.2. The Morgan fingerprint density at radius 3 is 2.50 bits per heavy atom. The highest BCUT2D eigenvalue weighted by Gasteiger charge is 2.26. The maximum absolute atomic E-state index is 12.6. The van der Waals surface area contributed by atoms with Gasteiger partial charge in [-0.1, -0.05) is 11.8 Å². The van der Waals surface area contributed by atoms with Gasteiger partial charge in [0.05, 0.1) is 23.9 Å². The van der Waals surface area contributed by atoms with Crippen molar-refractivity contribution in [3.63, 3.8) is 0 Å². The number of ether oxygens (including phenoxy) is 1. The number of morpholine rings is 1. The van der Waals surface area contributed by atoms with E-state index >= 15 is 0 Å². The number of anilines is 1. The molecule has 3 rings (SSSR count). The van der Waals surface area contributed by atoms with Gasteiger partial charge in [-0.25, -0.2) is 18.4 Å². The van der Waals surface area contributed by atoms with Crippen LogP contribution in [0.25, 0.3) is 0 Å². The lowest BCUT2D eigenvalue weighted by Crippen LogP contribution is -2.40. The summed E-state index contributed by atoms with van der Waals surface area (Å²) in [7, 11) is -3.54. The van der Waals surface area contributed by atoms with Crippen LogP contribution in [0.2, 0.25) is 0 Å². The number of aryl methyl sites for hydroxylation is 2. The van der Waals surface area contributed by atoms with Crippen molar-refractivity contribution in [2.24, 2.45) is 0 Å². The van der Waals surface area contributed by atoms with Crippen LogP contribution in [-0.4, -0.2) is 60.7 Å². The van der Waals surface area contributed by atoms with Crippen molar-refractivity contribution in [3.8, 4) is 0 Å². The molecule has 0 bridgehead atoms. The van der Waals surface area contributed by atoms with Crippen LogP contribution in [0.4, 0.5) is 5.69 Å². The number of benzene rings is 1. The normalized spacial score (nSPS) is 15.4. The van der Waals surface area contributed by atoms with Crippen LogP contribution in [0.1, 0.15) is 11.5 Å². The molecule has 1 N–H and O–H groups in total. The van der Waals surface area contributed by atoms with Crippen LogP contribution < -0.4 is 5.32 Å². The number of carbonyl (C=O) groups is 1. The van der Waals surface area contributed by atoms with Gasteiger partial charge in [-0.15, -0.1) is 0 Å². The van der Waals surface area contributed by atoms with Crippen LogP contribution >= 0.6 is 11.8 Å². The second-order valence-electron chi connectivity index (χ2n) is 6.27. The smallest absolute Gasteiger partial charge is 0.243 e. The van der Waals surface area contributed by atoms with E-state index in [1.165, 1.54) is 28.2 Å². The van der Waals surface area contributed by atoms with Crippen molar-refractivity contribution in [1.29, 1.82) is 0 Å². The van der Waals surface area contributed by atoms with E-state index in [1.807, 2.05) is 19.9 Å². The molecule has 0 aliphatic carbocycles. The minimum atomic E-state index is -3.54. The maximum Gasteiger partial charge on any atom is 0.243 e. The Labute approximate surface area is 168 Å². The third-order valence-corrected chi connectivity index (χ3v) is 6.86. The molecule has 0 saturated carbocycles. The molecule has 1 aliphatic heterocycles. The quantitative estimate of drug-likeness (QED) is 0.560. The van der Waals surface area contributed by atoms with Gasteiger partial charge in [0.1, 0.15) is 10.9 Å². The summed E-state index contributed by atoms with van der Waals surface area (Å²) in [6, 6.07) is 8.02. The molecule has 1 saturated heterocycles. The predicted molar refractivity (Wildman–Crippen MR) is 107 cm³/mol. The average Bonchev–Trinajstić information content (AvgIpc) is 2.67. The van der Waals surface area contributed by atoms with Gasteiger partial charge in [-0.3, -0.25) is 4.79 Å². The third-order valence-electron chi connectivity index (χ3n) is 4.04. The van der Waals surface area contributed by atoms with Crippen molar-refractivity contribution in [3.05, 3.63) is 41.9 Å². The van der Waals surface area contributed by atoms with Gasteiger partial charge < -0.3 is 10.1 Å². The Hall–Kier alpha value is -2.01. The van der Waals surface area contributed by atoms with Crippen molar-refractivity contribution in [1.82, 2.24) is 14.3 Å². The topological polar surface area (TPSA) is 101 Å². The minimum absolute atomic E-state index is 0.192. The lowest BCUT2D eigenvalue weighted by atomic mass is 10.3. The molecule has 28 heavy (non-hydrogen) atoms. The molecular formula is C18H22N4O4S2. The number of sulfonamides is 1. The van der Waals surface area contributed by atoms with Crippen LogP contribution in [0.15, 0.2) is 40.3 Å². The molecule has 8 nitrogen and oxygen atoms in total. The first-order valence-electron chi connectivity index (χ1n) is 8.77. The van der Waals surface area contributed by atoms with E-state index in [1.54, 1.807) is 12.1 Å². The number of thioether (sulfide) groups is 1. The monoisotopic (exact) mass is 422 g/mol. The number of hydrogen-bond donors (Lipinski definition) is 1. The molecule has 0 atom stereocenters. The fourth-order valence-electron chi connectivity index (χ4n) is 2.74. The number of aromatic nitrogens is 2. The summed E-state index contributed by atoms with van der Waals surface area (Å²) in [4.78, 5) is 20.9. The number of carbonyl (C=O) groups excluding carboxylic acids is 1. The van der Waals surface area contributed by atoms with Crippen molar-refractivity contribution < 1.29 is 17.9 Å². The summed E-state index contributed by atoms with van der Waals surface area (Å²) in [5, 5.41) is 3.51. The molecule has 2 heterocycles. The number of nitrogens with one attached hydrogen (secondary N) is 1. The average molecular weight is 423 g/mol. The summed E-state index contributed by atoms with van der Waals surface area (Å²) in [6.45, 7) is 5.18. The zero-order chi connectivity index (χ0) is 20.1. The van der Waals surface area contributed by atoms with Crippen LogP contribution in [-0.2, 0) is 19.6 Å². The molecule has 0 radical (unpaired) electrons. The van der Waals surface area contributed by atoms with Gasteiger partial charge >= 0.3 is 0 Å². The first-order chi connectivity index (χ1) is 13.3. The highest BCUT2D eigenvalue weighted by molar-refractivity contribution is 7.99. The van der Waals surface area contributed by atoms with Crippen LogP contribution in [0.3, 0.4) is 0 Å². The Morgan fingerprint density at radius 1 is 1.18 bits per heavy atom. The lowest BCUT2D eigenvalue weighted by molar-refractivity contribution is -0.113. The van der Waals surface area contributed by atoms with Gasteiger partial charge in [0.2, 0.25) is 15.9 Å². The molecule has 150 valence electrons. The Bertz CT molecular complexity index is 922. The number of nitrogens with zero attached hydrogens (tertiary/aromatic N) is 3. The number of rotatable bonds is 6. The highest BCUT2D eigenvalue weighted by atomic mass is 32.2. The molecule has 10 heteroatoms. The summed E-state index contributed by atoms with van der Waals surface area (Å²) in [5.74, 6) is 0.673. The van der Waals surface area contributed by atoms with Gasteiger partial charge in [0.15, 0.2) is 0 Å².